The molecule has 0 spiro atoms. The van der Waals surface area contributed by atoms with Gasteiger partial charge >= 0.3 is 0 Å². The fraction of sp³-hybridized carbons (Fsp3) is 0.238. The Morgan fingerprint density at radius 3 is 2.58 bits per heavy atom. The van der Waals surface area contributed by atoms with Crippen LogP contribution in [0.5, 0.6) is 5.75 Å². The van der Waals surface area contributed by atoms with Gasteiger partial charge < -0.3 is 10.1 Å². The zero-order valence-electron chi connectivity index (χ0n) is 14.8. The number of nitrogens with zero attached hydrogens (tertiary/aromatic N) is 1. The van der Waals surface area contributed by atoms with E-state index in [2.05, 4.69) is 22.4 Å². The summed E-state index contributed by atoms with van der Waals surface area (Å²) in [5.74, 6) is 0.869. The van der Waals surface area contributed by atoms with Gasteiger partial charge in [-0.25, -0.2) is 4.98 Å². The molecular weight excluding hydrogens is 344 g/mol. The molecule has 0 aliphatic heterocycles. The van der Waals surface area contributed by atoms with Crippen LogP contribution in [0.4, 0.5) is 0 Å². The number of methoxy groups -OCH3 is 1. The van der Waals surface area contributed by atoms with E-state index < -0.39 is 0 Å². The van der Waals surface area contributed by atoms with E-state index in [1.54, 1.807) is 18.4 Å². The van der Waals surface area contributed by atoms with E-state index >= 15 is 0 Å². The molecule has 0 aliphatic carbocycles. The maximum absolute atomic E-state index is 12.1. The van der Waals surface area contributed by atoms with Crippen LogP contribution in [-0.2, 0) is 24.2 Å². The van der Waals surface area contributed by atoms with Gasteiger partial charge in [0.15, 0.2) is 0 Å². The monoisotopic (exact) mass is 366 g/mol. The quantitative estimate of drug-likeness (QED) is 0.656. The Morgan fingerprint density at radius 1 is 1.08 bits per heavy atom. The average Bonchev–Trinajstić information content (AvgIpc) is 3.13. The summed E-state index contributed by atoms with van der Waals surface area (Å²) in [6.45, 7) is 0.487. The molecule has 3 rings (SSSR count). The number of hydrogen-bond donors (Lipinski definition) is 1. The Kier molecular flexibility index (Phi) is 6.39. The highest BCUT2D eigenvalue weighted by molar-refractivity contribution is 7.11. The molecule has 134 valence electrons. The Labute approximate surface area is 157 Å². The van der Waals surface area contributed by atoms with Crippen LogP contribution < -0.4 is 10.1 Å². The second-order valence-electron chi connectivity index (χ2n) is 6.01. The predicted molar refractivity (Wildman–Crippen MR) is 105 cm³/mol. The molecule has 26 heavy (non-hydrogen) atoms. The number of aromatic nitrogens is 1. The van der Waals surface area contributed by atoms with Gasteiger partial charge in [-0.1, -0.05) is 42.5 Å². The molecule has 1 heterocycles. The van der Waals surface area contributed by atoms with Crippen LogP contribution in [-0.4, -0.2) is 18.0 Å². The summed E-state index contributed by atoms with van der Waals surface area (Å²) < 4.78 is 5.14. The molecule has 0 unspecified atom stereocenters. The van der Waals surface area contributed by atoms with Crippen molar-refractivity contribution >= 4 is 17.2 Å². The summed E-state index contributed by atoms with van der Waals surface area (Å²) in [6.07, 6.45) is 3.96. The highest BCUT2D eigenvalue weighted by Crippen LogP contribution is 2.17. The van der Waals surface area contributed by atoms with Crippen LogP contribution >= 0.6 is 11.3 Å². The SMILES string of the molecule is COc1ccc(CCC(=O)NCc2ncc(Cc3ccccc3)s2)cc1. The van der Waals surface area contributed by atoms with Crippen molar-refractivity contribution in [1.82, 2.24) is 10.3 Å². The molecule has 2 aromatic carbocycles. The second kappa shape index (κ2) is 9.15. The third-order valence-electron chi connectivity index (χ3n) is 4.06. The number of rotatable bonds is 8. The average molecular weight is 366 g/mol. The molecule has 4 nitrogen and oxygen atoms in total. The summed E-state index contributed by atoms with van der Waals surface area (Å²) in [6, 6.07) is 18.1. The van der Waals surface area contributed by atoms with Crippen LogP contribution in [0, 0.1) is 0 Å². The molecule has 0 atom stereocenters. The van der Waals surface area contributed by atoms with Gasteiger partial charge in [0.05, 0.1) is 13.7 Å². The van der Waals surface area contributed by atoms with Gasteiger partial charge in [0.2, 0.25) is 5.91 Å². The summed E-state index contributed by atoms with van der Waals surface area (Å²) in [7, 11) is 1.65. The van der Waals surface area contributed by atoms with E-state index in [0.717, 1.165) is 22.7 Å². The minimum Gasteiger partial charge on any atom is -0.497 e. The minimum absolute atomic E-state index is 0.0422. The van der Waals surface area contributed by atoms with Gasteiger partial charge in [-0.2, -0.15) is 0 Å². The summed E-state index contributed by atoms with van der Waals surface area (Å²) >= 11 is 1.65. The fourth-order valence-corrected chi connectivity index (χ4v) is 3.52. The number of amides is 1. The maximum Gasteiger partial charge on any atom is 0.220 e. The first-order valence-corrected chi connectivity index (χ1v) is 9.42. The van der Waals surface area contributed by atoms with E-state index in [1.807, 2.05) is 48.7 Å². The number of carbonyl (C=O) groups is 1. The second-order valence-corrected chi connectivity index (χ2v) is 7.21. The summed E-state index contributed by atoms with van der Waals surface area (Å²) in [5.41, 5.74) is 2.39. The number of aryl methyl sites for hydroxylation is 1. The topological polar surface area (TPSA) is 51.2 Å². The zero-order valence-corrected chi connectivity index (χ0v) is 15.6. The van der Waals surface area contributed by atoms with Crippen LogP contribution in [0.1, 0.15) is 27.4 Å². The molecule has 0 bridgehead atoms. The van der Waals surface area contributed by atoms with Crippen molar-refractivity contribution in [2.24, 2.45) is 0 Å². The number of benzene rings is 2. The number of thiazole rings is 1. The Morgan fingerprint density at radius 2 is 1.85 bits per heavy atom. The predicted octanol–water partition coefficient (Wildman–Crippen LogP) is 3.99. The Bertz CT molecular complexity index is 829. The highest BCUT2D eigenvalue weighted by Gasteiger charge is 2.06. The summed E-state index contributed by atoms with van der Waals surface area (Å²) in [4.78, 5) is 17.7. The molecular formula is C21H22N2O2S. The van der Waals surface area contributed by atoms with Gasteiger partial charge in [0.1, 0.15) is 10.8 Å². The van der Waals surface area contributed by atoms with E-state index in [4.69, 9.17) is 4.74 Å². The van der Waals surface area contributed by atoms with Crippen molar-refractivity contribution in [2.75, 3.05) is 7.11 Å². The first kappa shape index (κ1) is 18.1. The molecule has 0 radical (unpaired) electrons. The zero-order chi connectivity index (χ0) is 18.2. The molecule has 1 N–H and O–H groups in total. The molecule has 0 fully saturated rings. The van der Waals surface area contributed by atoms with Crippen molar-refractivity contribution in [2.45, 2.75) is 25.8 Å². The third kappa shape index (κ3) is 5.43. The van der Waals surface area contributed by atoms with Crippen molar-refractivity contribution in [3.8, 4) is 5.75 Å². The number of nitrogens with one attached hydrogen (secondary N) is 1. The van der Waals surface area contributed by atoms with Crippen LogP contribution in [0.3, 0.4) is 0 Å². The molecule has 5 heteroatoms. The molecule has 0 aliphatic rings. The van der Waals surface area contributed by atoms with E-state index in [0.29, 0.717) is 19.4 Å². The highest BCUT2D eigenvalue weighted by atomic mass is 32.1. The lowest BCUT2D eigenvalue weighted by molar-refractivity contribution is -0.121. The largest absolute Gasteiger partial charge is 0.497 e. The van der Waals surface area contributed by atoms with Crippen LogP contribution in [0.15, 0.2) is 60.8 Å². The number of carbonyl (C=O) groups excluding carboxylic acids is 1. The van der Waals surface area contributed by atoms with Crippen molar-refractivity contribution in [1.29, 1.82) is 0 Å². The Balaban J connectivity index is 1.42. The van der Waals surface area contributed by atoms with E-state index in [1.165, 1.54) is 10.4 Å². The molecule has 0 saturated heterocycles. The first-order valence-electron chi connectivity index (χ1n) is 8.60. The normalized spacial score (nSPS) is 10.5. The maximum atomic E-state index is 12.1. The molecule has 0 saturated carbocycles. The van der Waals surface area contributed by atoms with Gasteiger partial charge in [0.25, 0.3) is 0 Å². The third-order valence-corrected chi connectivity index (χ3v) is 5.06. The van der Waals surface area contributed by atoms with Crippen molar-refractivity contribution < 1.29 is 9.53 Å². The lowest BCUT2D eigenvalue weighted by Crippen LogP contribution is -2.22. The van der Waals surface area contributed by atoms with E-state index in [-0.39, 0.29) is 5.91 Å². The minimum atomic E-state index is 0.0422. The van der Waals surface area contributed by atoms with Crippen LogP contribution in [0.25, 0.3) is 0 Å². The molecule has 1 amide bonds. The van der Waals surface area contributed by atoms with Crippen LogP contribution in [0.2, 0.25) is 0 Å². The van der Waals surface area contributed by atoms with Crippen molar-refractivity contribution in [3.05, 3.63) is 81.8 Å². The number of hydrogen-bond acceptors (Lipinski definition) is 4. The summed E-state index contributed by atoms with van der Waals surface area (Å²) in [5, 5.41) is 3.89. The van der Waals surface area contributed by atoms with E-state index in [9.17, 15) is 4.79 Å². The van der Waals surface area contributed by atoms with Gasteiger partial charge in [-0.05, 0) is 29.7 Å². The lowest BCUT2D eigenvalue weighted by Gasteiger charge is -2.05. The number of ether oxygens (including phenoxy) is 1. The Hall–Kier alpha value is -2.66. The smallest absolute Gasteiger partial charge is 0.220 e. The van der Waals surface area contributed by atoms with Gasteiger partial charge in [-0.15, -0.1) is 11.3 Å². The van der Waals surface area contributed by atoms with Gasteiger partial charge in [-0.3, -0.25) is 4.79 Å². The lowest BCUT2D eigenvalue weighted by atomic mass is 10.1. The van der Waals surface area contributed by atoms with Crippen molar-refractivity contribution in [3.63, 3.8) is 0 Å². The molecule has 3 aromatic rings. The van der Waals surface area contributed by atoms with Gasteiger partial charge in [0, 0.05) is 23.9 Å². The molecule has 1 aromatic heterocycles. The standard InChI is InChI=1S/C21H22N2O2S/c1-25-18-10-7-16(8-11-18)9-12-20(24)22-15-21-23-14-19(26-21)13-17-5-3-2-4-6-17/h2-8,10-11,14H,9,12-13,15H2,1H3,(H,22,24). The first-order chi connectivity index (χ1) is 12.7. The fourth-order valence-electron chi connectivity index (χ4n) is 2.62.